The van der Waals surface area contributed by atoms with Crippen molar-refractivity contribution in [3.8, 4) is 0 Å². The van der Waals surface area contributed by atoms with Gasteiger partial charge in [-0.1, -0.05) is 97.3 Å². The number of carbonyl (C=O) groups is 1. The van der Waals surface area contributed by atoms with Crippen LogP contribution in [0.15, 0.2) is 11.9 Å². The Labute approximate surface area is 210 Å². The molecule has 0 aromatic carbocycles. The van der Waals surface area contributed by atoms with Crippen LogP contribution in [-0.2, 0) is 9.53 Å². The monoisotopic (exact) mass is 483 g/mol. The average molecular weight is 484 g/mol. The highest BCUT2D eigenvalue weighted by Crippen LogP contribution is 2.18. The van der Waals surface area contributed by atoms with Crippen molar-refractivity contribution in [3.05, 3.63) is 11.9 Å². The van der Waals surface area contributed by atoms with Crippen molar-refractivity contribution < 1.29 is 14.6 Å². The van der Waals surface area contributed by atoms with Gasteiger partial charge < -0.3 is 20.6 Å². The number of carbonyl (C=O) groups excluding carboxylic acids is 1. The summed E-state index contributed by atoms with van der Waals surface area (Å²) in [6, 6.07) is 0. The summed E-state index contributed by atoms with van der Waals surface area (Å²) < 4.78 is 5.91. The molecule has 0 spiro atoms. The molecule has 0 saturated carbocycles. The van der Waals surface area contributed by atoms with Gasteiger partial charge in [-0.3, -0.25) is 4.79 Å². The van der Waals surface area contributed by atoms with Gasteiger partial charge in [0.2, 0.25) is 0 Å². The zero-order valence-corrected chi connectivity index (χ0v) is 22.6. The Bertz CT molecular complexity index is 470. The van der Waals surface area contributed by atoms with Crippen molar-refractivity contribution in [1.82, 2.24) is 5.01 Å². The second-order valence-corrected chi connectivity index (χ2v) is 9.84. The maximum atomic E-state index is 12.4. The Balaban J connectivity index is 4.04. The lowest BCUT2D eigenvalue weighted by Gasteiger charge is -2.18. The highest BCUT2D eigenvalue weighted by molar-refractivity contribution is 5.69. The van der Waals surface area contributed by atoms with E-state index in [2.05, 4.69) is 13.8 Å². The summed E-state index contributed by atoms with van der Waals surface area (Å²) in [4.78, 5) is 12.4. The van der Waals surface area contributed by atoms with Crippen molar-refractivity contribution >= 4 is 5.97 Å². The van der Waals surface area contributed by atoms with Crippen LogP contribution in [0, 0.1) is 0 Å². The van der Waals surface area contributed by atoms with Gasteiger partial charge >= 0.3 is 5.97 Å². The zero-order chi connectivity index (χ0) is 25.3. The fraction of sp³-hybridized carbons (Fsp3) is 0.893. The molecule has 0 heterocycles. The first-order valence-electron chi connectivity index (χ1n) is 14.3. The molecule has 0 amide bonds. The fourth-order valence-electron chi connectivity index (χ4n) is 4.22. The van der Waals surface area contributed by atoms with Crippen LogP contribution in [0.1, 0.15) is 142 Å². The van der Waals surface area contributed by atoms with Gasteiger partial charge in [-0.15, -0.1) is 0 Å². The van der Waals surface area contributed by atoms with E-state index in [0.717, 1.165) is 44.9 Å². The Morgan fingerprint density at radius 3 is 1.79 bits per heavy atom. The third-order valence-electron chi connectivity index (χ3n) is 6.37. The minimum atomic E-state index is -0.178. The van der Waals surface area contributed by atoms with Gasteiger partial charge in [-0.25, -0.2) is 5.84 Å². The number of esters is 1. The number of unbranched alkanes of at least 4 members (excludes halogenated alkanes) is 14. The van der Waals surface area contributed by atoms with E-state index in [9.17, 15) is 4.79 Å². The molecular weight excluding hydrogens is 426 g/mol. The van der Waals surface area contributed by atoms with Crippen molar-refractivity contribution in [3.63, 3.8) is 0 Å². The lowest BCUT2D eigenvalue weighted by Crippen LogP contribution is -2.28. The molecular formula is C28H57N3O3. The van der Waals surface area contributed by atoms with Gasteiger partial charge in [-0.05, 0) is 38.5 Å². The predicted octanol–water partition coefficient (Wildman–Crippen LogP) is 6.71. The van der Waals surface area contributed by atoms with E-state index in [0.29, 0.717) is 18.7 Å². The van der Waals surface area contributed by atoms with E-state index >= 15 is 0 Å². The van der Waals surface area contributed by atoms with Gasteiger partial charge in [0.05, 0.1) is 12.3 Å². The minimum absolute atomic E-state index is 0.0142. The number of hydrazine groups is 1. The number of ether oxygens (including phenoxy) is 1. The summed E-state index contributed by atoms with van der Waals surface area (Å²) >= 11 is 0. The van der Waals surface area contributed by atoms with Crippen LogP contribution in [0.3, 0.4) is 0 Å². The number of hydrogen-bond donors (Lipinski definition) is 3. The van der Waals surface area contributed by atoms with Gasteiger partial charge in [0, 0.05) is 19.2 Å². The van der Waals surface area contributed by atoms with E-state index in [1.807, 2.05) is 0 Å². The highest BCUT2D eigenvalue weighted by Gasteiger charge is 2.14. The molecule has 0 unspecified atom stereocenters. The summed E-state index contributed by atoms with van der Waals surface area (Å²) in [5, 5.41) is 10.4. The molecule has 0 radical (unpaired) electrons. The largest absolute Gasteiger partial charge is 0.462 e. The fourth-order valence-corrected chi connectivity index (χ4v) is 4.22. The lowest BCUT2D eigenvalue weighted by atomic mass is 10.0. The molecule has 0 aliphatic heterocycles. The molecule has 0 aromatic heterocycles. The third kappa shape index (κ3) is 22.5. The van der Waals surface area contributed by atoms with Crippen LogP contribution in [-0.4, -0.2) is 35.3 Å². The maximum Gasteiger partial charge on any atom is 0.306 e. The van der Waals surface area contributed by atoms with Crippen LogP contribution >= 0.6 is 0 Å². The number of rotatable bonds is 25. The zero-order valence-electron chi connectivity index (χ0n) is 22.6. The number of hydrogen-bond acceptors (Lipinski definition) is 6. The lowest BCUT2D eigenvalue weighted by molar-refractivity contribution is -0.150. The smallest absolute Gasteiger partial charge is 0.306 e. The van der Waals surface area contributed by atoms with Crippen molar-refractivity contribution in [2.75, 3.05) is 13.2 Å². The van der Waals surface area contributed by atoms with Crippen LogP contribution < -0.4 is 11.6 Å². The molecule has 6 heteroatoms. The van der Waals surface area contributed by atoms with Gasteiger partial charge in [0.15, 0.2) is 0 Å². The van der Waals surface area contributed by atoms with Crippen molar-refractivity contribution in [1.29, 1.82) is 0 Å². The number of aliphatic hydroxyl groups excluding tert-OH is 1. The quantitative estimate of drug-likeness (QED) is 0.0577. The molecule has 5 N–H and O–H groups in total. The third-order valence-corrected chi connectivity index (χ3v) is 6.37. The summed E-state index contributed by atoms with van der Waals surface area (Å²) in [6.45, 7) is 5.03. The molecule has 0 rings (SSSR count). The summed E-state index contributed by atoms with van der Waals surface area (Å²) in [5.74, 6) is 5.80. The summed E-state index contributed by atoms with van der Waals surface area (Å²) in [7, 11) is 0. The molecule has 0 fully saturated rings. The Morgan fingerprint density at radius 2 is 1.26 bits per heavy atom. The van der Waals surface area contributed by atoms with Crippen LogP contribution in [0.2, 0.25) is 0 Å². The van der Waals surface area contributed by atoms with Crippen LogP contribution in [0.25, 0.3) is 0 Å². The Hall–Kier alpha value is -1.27. The molecule has 0 aliphatic rings. The second-order valence-electron chi connectivity index (χ2n) is 9.84. The number of nitrogens with zero attached hydrogens (tertiary/aromatic N) is 1. The topological polar surface area (TPSA) is 102 Å². The predicted molar refractivity (Wildman–Crippen MR) is 144 cm³/mol. The number of nitrogens with two attached hydrogens (primary N) is 2. The van der Waals surface area contributed by atoms with E-state index < -0.39 is 0 Å². The van der Waals surface area contributed by atoms with Gasteiger partial charge in [0.1, 0.15) is 6.10 Å². The Morgan fingerprint density at radius 1 is 0.794 bits per heavy atom. The van der Waals surface area contributed by atoms with Crippen LogP contribution in [0.5, 0.6) is 0 Å². The SMILES string of the molecule is CCCCCCCCC(CCCCCCCC)OC(=O)CCCCCCCN(N)/C=C(\N)CO. The van der Waals surface area contributed by atoms with Crippen LogP contribution in [0.4, 0.5) is 0 Å². The highest BCUT2D eigenvalue weighted by atomic mass is 16.5. The minimum Gasteiger partial charge on any atom is -0.462 e. The molecule has 0 aliphatic carbocycles. The molecule has 0 atom stereocenters. The van der Waals surface area contributed by atoms with E-state index in [1.54, 1.807) is 6.20 Å². The van der Waals surface area contributed by atoms with Gasteiger partial charge in [-0.2, -0.15) is 0 Å². The average Bonchev–Trinajstić information content (AvgIpc) is 2.82. The summed E-state index contributed by atoms with van der Waals surface area (Å²) in [5.41, 5.74) is 5.92. The molecule has 0 saturated heterocycles. The first-order valence-corrected chi connectivity index (χ1v) is 14.3. The van der Waals surface area contributed by atoms with E-state index in [-0.39, 0.29) is 18.7 Å². The van der Waals surface area contributed by atoms with E-state index in [1.165, 1.54) is 82.1 Å². The Kier molecular flexibility index (Phi) is 23.9. The molecule has 34 heavy (non-hydrogen) atoms. The molecule has 6 nitrogen and oxygen atoms in total. The second kappa shape index (κ2) is 24.8. The first kappa shape index (κ1) is 32.7. The molecule has 202 valence electrons. The standard InChI is InChI=1S/C28H57N3O3/c1-3-5-7-9-12-16-20-27(21-17-13-10-8-6-4-2)34-28(33)22-18-14-11-15-19-23-31(30)24-26(29)25-32/h24,27,32H,3-23,25,29-30H2,1-2H3/b26-24-. The van der Waals surface area contributed by atoms with Crippen molar-refractivity contribution in [2.24, 2.45) is 11.6 Å². The first-order chi connectivity index (χ1) is 16.5. The normalized spacial score (nSPS) is 11.9. The van der Waals surface area contributed by atoms with E-state index in [4.69, 9.17) is 21.4 Å². The molecule has 0 bridgehead atoms. The summed E-state index contributed by atoms with van der Waals surface area (Å²) in [6.07, 6.45) is 24.7. The van der Waals surface area contributed by atoms with Gasteiger partial charge in [0.25, 0.3) is 0 Å². The molecule has 0 aromatic rings. The van der Waals surface area contributed by atoms with Crippen molar-refractivity contribution in [2.45, 2.75) is 148 Å². The maximum absolute atomic E-state index is 12.4. The number of aliphatic hydroxyl groups is 1.